The van der Waals surface area contributed by atoms with E-state index in [-0.39, 0.29) is 5.91 Å². The number of carbonyl (C=O) groups excluding carboxylic acids is 1. The lowest BCUT2D eigenvalue weighted by molar-refractivity contribution is 0.0621. The largest absolute Gasteiger partial charge is 0.496 e. The molecule has 0 spiro atoms. The van der Waals surface area contributed by atoms with Gasteiger partial charge < -0.3 is 9.64 Å². The summed E-state index contributed by atoms with van der Waals surface area (Å²) < 4.78 is 7.06. The Kier molecular flexibility index (Phi) is 5.73. The van der Waals surface area contributed by atoms with Crippen molar-refractivity contribution >= 4 is 17.5 Å². The SMILES string of the molecule is COc1ccc(Cl)cc1C(=O)N1CCN(Cc2nnnn2-c2ccccc2)CC1. The van der Waals surface area contributed by atoms with Gasteiger partial charge in [-0.3, -0.25) is 9.69 Å². The molecule has 8 nitrogen and oxygen atoms in total. The number of carbonyl (C=O) groups is 1. The third-order valence-electron chi connectivity index (χ3n) is 4.95. The number of ether oxygens (including phenoxy) is 1. The summed E-state index contributed by atoms with van der Waals surface area (Å²) in [5.41, 5.74) is 1.41. The van der Waals surface area contributed by atoms with E-state index in [2.05, 4.69) is 20.4 Å². The van der Waals surface area contributed by atoms with Gasteiger partial charge in [-0.05, 0) is 40.8 Å². The number of methoxy groups -OCH3 is 1. The summed E-state index contributed by atoms with van der Waals surface area (Å²) in [7, 11) is 1.55. The summed E-state index contributed by atoms with van der Waals surface area (Å²) in [6.07, 6.45) is 0. The number of para-hydroxylation sites is 1. The molecule has 1 amide bonds. The van der Waals surface area contributed by atoms with Crippen LogP contribution in [0, 0.1) is 0 Å². The van der Waals surface area contributed by atoms with Gasteiger partial charge in [0.2, 0.25) is 0 Å². The summed E-state index contributed by atoms with van der Waals surface area (Å²) in [5, 5.41) is 12.6. The average Bonchev–Trinajstić information content (AvgIpc) is 3.22. The van der Waals surface area contributed by atoms with Crippen molar-refractivity contribution in [1.82, 2.24) is 30.0 Å². The fourth-order valence-corrected chi connectivity index (χ4v) is 3.57. The Bertz CT molecular complexity index is 986. The highest BCUT2D eigenvalue weighted by molar-refractivity contribution is 6.31. The van der Waals surface area contributed by atoms with E-state index in [4.69, 9.17) is 16.3 Å². The molecule has 1 aliphatic rings. The van der Waals surface area contributed by atoms with E-state index >= 15 is 0 Å². The summed E-state index contributed by atoms with van der Waals surface area (Å²) >= 11 is 6.07. The predicted octanol–water partition coefficient (Wildman–Crippen LogP) is 2.28. The topological polar surface area (TPSA) is 76.4 Å². The molecular weight excluding hydrogens is 392 g/mol. The minimum absolute atomic E-state index is 0.0712. The molecule has 0 radical (unpaired) electrons. The molecule has 3 aromatic rings. The van der Waals surface area contributed by atoms with Crippen LogP contribution in [0.3, 0.4) is 0 Å². The molecule has 1 saturated heterocycles. The highest BCUT2D eigenvalue weighted by Gasteiger charge is 2.25. The second kappa shape index (κ2) is 8.59. The van der Waals surface area contributed by atoms with E-state index in [1.165, 1.54) is 0 Å². The molecule has 1 aliphatic heterocycles. The Hall–Kier alpha value is -2.97. The summed E-state index contributed by atoms with van der Waals surface area (Å²) in [6.45, 7) is 3.31. The van der Waals surface area contributed by atoms with Gasteiger partial charge in [0.25, 0.3) is 5.91 Å². The number of tetrazole rings is 1. The Morgan fingerprint density at radius 1 is 1.10 bits per heavy atom. The van der Waals surface area contributed by atoms with Crippen molar-refractivity contribution in [2.45, 2.75) is 6.54 Å². The van der Waals surface area contributed by atoms with Crippen molar-refractivity contribution in [2.75, 3.05) is 33.3 Å². The first kappa shape index (κ1) is 19.4. The van der Waals surface area contributed by atoms with E-state index in [0.29, 0.717) is 36.0 Å². The Morgan fingerprint density at radius 2 is 1.86 bits per heavy atom. The molecule has 0 bridgehead atoms. The van der Waals surface area contributed by atoms with Gasteiger partial charge in [-0.2, -0.15) is 4.68 Å². The second-order valence-electron chi connectivity index (χ2n) is 6.76. The Labute approximate surface area is 173 Å². The standard InChI is InChI=1S/C20H21ClN6O2/c1-29-18-8-7-15(21)13-17(18)20(28)26-11-9-25(10-12-26)14-19-22-23-24-27(19)16-5-3-2-4-6-16/h2-8,13H,9-12,14H2,1H3. The molecule has 1 fully saturated rings. The molecule has 2 aromatic carbocycles. The summed E-state index contributed by atoms with van der Waals surface area (Å²) in [4.78, 5) is 17.0. The van der Waals surface area contributed by atoms with Crippen molar-refractivity contribution in [3.05, 3.63) is 64.9 Å². The number of aromatic nitrogens is 4. The molecule has 0 aliphatic carbocycles. The number of rotatable bonds is 5. The first-order valence-electron chi connectivity index (χ1n) is 9.33. The molecule has 0 N–H and O–H groups in total. The van der Waals surface area contributed by atoms with Crippen LogP contribution in [0.2, 0.25) is 5.02 Å². The van der Waals surface area contributed by atoms with Crippen LogP contribution in [0.25, 0.3) is 5.69 Å². The van der Waals surface area contributed by atoms with E-state index in [9.17, 15) is 4.79 Å². The van der Waals surface area contributed by atoms with Crippen LogP contribution in [0.1, 0.15) is 16.2 Å². The quantitative estimate of drug-likeness (QED) is 0.640. The molecule has 4 rings (SSSR count). The van der Waals surface area contributed by atoms with Crippen LogP contribution in [0.15, 0.2) is 48.5 Å². The fraction of sp³-hybridized carbons (Fsp3) is 0.300. The first-order valence-corrected chi connectivity index (χ1v) is 9.71. The maximum absolute atomic E-state index is 12.9. The van der Waals surface area contributed by atoms with Gasteiger partial charge in [0.15, 0.2) is 5.82 Å². The highest BCUT2D eigenvalue weighted by Crippen LogP contribution is 2.24. The zero-order valence-corrected chi connectivity index (χ0v) is 16.8. The molecule has 1 aromatic heterocycles. The maximum atomic E-state index is 12.9. The number of piperazine rings is 1. The van der Waals surface area contributed by atoms with Crippen LogP contribution >= 0.6 is 11.6 Å². The summed E-state index contributed by atoms with van der Waals surface area (Å²) in [6, 6.07) is 14.9. The van der Waals surface area contributed by atoms with Gasteiger partial charge in [0.05, 0.1) is 24.9 Å². The lowest BCUT2D eigenvalue weighted by Gasteiger charge is -2.34. The van der Waals surface area contributed by atoms with Gasteiger partial charge in [-0.15, -0.1) is 5.10 Å². The average molecular weight is 413 g/mol. The number of amides is 1. The molecule has 0 atom stereocenters. The number of hydrogen-bond acceptors (Lipinski definition) is 6. The number of nitrogens with zero attached hydrogens (tertiary/aromatic N) is 6. The molecule has 0 saturated carbocycles. The zero-order chi connectivity index (χ0) is 20.2. The number of benzene rings is 2. The van der Waals surface area contributed by atoms with Crippen molar-refractivity contribution in [3.8, 4) is 11.4 Å². The molecule has 150 valence electrons. The Morgan fingerprint density at radius 3 is 2.59 bits per heavy atom. The molecule has 9 heteroatoms. The van der Waals surface area contributed by atoms with Crippen LogP contribution in [0.4, 0.5) is 0 Å². The highest BCUT2D eigenvalue weighted by atomic mass is 35.5. The third-order valence-corrected chi connectivity index (χ3v) is 5.19. The third kappa shape index (κ3) is 4.23. The molecule has 2 heterocycles. The monoisotopic (exact) mass is 412 g/mol. The minimum atomic E-state index is -0.0712. The van der Waals surface area contributed by atoms with Gasteiger partial charge in [0.1, 0.15) is 5.75 Å². The van der Waals surface area contributed by atoms with Crippen LogP contribution < -0.4 is 4.74 Å². The van der Waals surface area contributed by atoms with Crippen LogP contribution in [-0.4, -0.2) is 69.2 Å². The summed E-state index contributed by atoms with van der Waals surface area (Å²) in [5.74, 6) is 1.23. The predicted molar refractivity (Wildman–Crippen MR) is 108 cm³/mol. The van der Waals surface area contributed by atoms with Crippen molar-refractivity contribution in [3.63, 3.8) is 0 Å². The van der Waals surface area contributed by atoms with E-state index < -0.39 is 0 Å². The van der Waals surface area contributed by atoms with Crippen molar-refractivity contribution < 1.29 is 9.53 Å². The maximum Gasteiger partial charge on any atom is 0.257 e. The van der Waals surface area contributed by atoms with Gasteiger partial charge in [0, 0.05) is 31.2 Å². The lowest BCUT2D eigenvalue weighted by Crippen LogP contribution is -2.48. The van der Waals surface area contributed by atoms with Crippen molar-refractivity contribution in [2.24, 2.45) is 0 Å². The molecular formula is C20H21ClN6O2. The molecule has 0 unspecified atom stereocenters. The zero-order valence-electron chi connectivity index (χ0n) is 16.0. The number of hydrogen-bond donors (Lipinski definition) is 0. The minimum Gasteiger partial charge on any atom is -0.496 e. The van der Waals surface area contributed by atoms with E-state index in [1.807, 2.05) is 35.2 Å². The fourth-order valence-electron chi connectivity index (χ4n) is 3.40. The number of halogens is 1. The van der Waals surface area contributed by atoms with Crippen LogP contribution in [0.5, 0.6) is 5.75 Å². The first-order chi connectivity index (χ1) is 14.2. The van der Waals surface area contributed by atoms with Gasteiger partial charge in [-0.25, -0.2) is 0 Å². The van der Waals surface area contributed by atoms with E-state index in [1.54, 1.807) is 30.0 Å². The van der Waals surface area contributed by atoms with E-state index in [0.717, 1.165) is 24.6 Å². The van der Waals surface area contributed by atoms with Crippen molar-refractivity contribution in [1.29, 1.82) is 0 Å². The van der Waals surface area contributed by atoms with Crippen LogP contribution in [-0.2, 0) is 6.54 Å². The lowest BCUT2D eigenvalue weighted by atomic mass is 10.1. The second-order valence-corrected chi connectivity index (χ2v) is 7.19. The Balaban J connectivity index is 1.40. The smallest absolute Gasteiger partial charge is 0.257 e. The normalized spacial score (nSPS) is 14.8. The van der Waals surface area contributed by atoms with Gasteiger partial charge in [-0.1, -0.05) is 29.8 Å². The molecule has 29 heavy (non-hydrogen) atoms. The van der Waals surface area contributed by atoms with Gasteiger partial charge >= 0.3 is 0 Å².